The molecule has 0 spiro atoms. The first-order valence-electron chi connectivity index (χ1n) is 10.3. The number of nitro groups is 1. The lowest BCUT2D eigenvalue weighted by Crippen LogP contribution is -2.36. The number of benzene rings is 1. The van der Waals surface area contributed by atoms with Crippen LogP contribution in [-0.4, -0.2) is 55.2 Å². The highest BCUT2D eigenvalue weighted by atomic mass is 16.6. The summed E-state index contributed by atoms with van der Waals surface area (Å²) < 4.78 is 5.31. The Kier molecular flexibility index (Phi) is 6.08. The van der Waals surface area contributed by atoms with E-state index in [-0.39, 0.29) is 11.3 Å². The molecule has 2 saturated heterocycles. The molecule has 0 radical (unpaired) electrons. The van der Waals surface area contributed by atoms with Gasteiger partial charge in [0.15, 0.2) is 0 Å². The number of pyridine rings is 1. The first-order chi connectivity index (χ1) is 14.6. The predicted molar refractivity (Wildman–Crippen MR) is 114 cm³/mol. The summed E-state index contributed by atoms with van der Waals surface area (Å²) in [4.78, 5) is 32.4. The molecule has 0 bridgehead atoms. The van der Waals surface area contributed by atoms with Crippen molar-refractivity contribution in [1.29, 1.82) is 0 Å². The van der Waals surface area contributed by atoms with Crippen molar-refractivity contribution >= 4 is 28.8 Å². The number of rotatable bonds is 5. The largest absolute Gasteiger partial charge is 0.378 e. The predicted octanol–water partition coefficient (Wildman–Crippen LogP) is 3.07. The van der Waals surface area contributed by atoms with E-state index in [2.05, 4.69) is 15.2 Å². The summed E-state index contributed by atoms with van der Waals surface area (Å²) in [5.74, 6) is 0.498. The molecule has 1 aromatic heterocycles. The molecule has 0 atom stereocenters. The number of hydrogen-bond acceptors (Lipinski definition) is 7. The van der Waals surface area contributed by atoms with Gasteiger partial charge in [-0.15, -0.1) is 0 Å². The molecule has 2 aromatic rings. The highest BCUT2D eigenvalue weighted by Crippen LogP contribution is 2.30. The molecule has 30 heavy (non-hydrogen) atoms. The molecule has 1 N–H and O–H groups in total. The third kappa shape index (κ3) is 4.51. The third-order valence-corrected chi connectivity index (χ3v) is 5.47. The van der Waals surface area contributed by atoms with Crippen LogP contribution in [0.15, 0.2) is 36.5 Å². The Morgan fingerprint density at radius 3 is 2.47 bits per heavy atom. The number of nitro benzene ring substituents is 1. The minimum atomic E-state index is -0.448. The van der Waals surface area contributed by atoms with E-state index in [1.807, 2.05) is 17.0 Å². The maximum Gasteiger partial charge on any atom is 0.293 e. The summed E-state index contributed by atoms with van der Waals surface area (Å²) in [6.45, 7) is 4.22. The normalized spacial score (nSPS) is 16.9. The maximum atomic E-state index is 12.7. The number of nitrogens with zero attached hydrogens (tertiary/aromatic N) is 4. The number of anilines is 3. The number of aromatic nitrogens is 1. The lowest BCUT2D eigenvalue weighted by molar-refractivity contribution is -0.384. The van der Waals surface area contributed by atoms with E-state index >= 15 is 0 Å². The molecule has 4 rings (SSSR count). The summed E-state index contributed by atoms with van der Waals surface area (Å²) >= 11 is 0. The van der Waals surface area contributed by atoms with E-state index < -0.39 is 10.8 Å². The molecule has 2 aliphatic rings. The molecule has 0 aliphatic carbocycles. The Balaban J connectivity index is 1.47. The Labute approximate surface area is 174 Å². The summed E-state index contributed by atoms with van der Waals surface area (Å²) in [7, 11) is 0. The van der Waals surface area contributed by atoms with E-state index in [1.54, 1.807) is 18.3 Å². The van der Waals surface area contributed by atoms with Crippen LogP contribution in [0.4, 0.5) is 22.9 Å². The van der Waals surface area contributed by atoms with Gasteiger partial charge in [-0.2, -0.15) is 0 Å². The Bertz CT molecular complexity index is 906. The quantitative estimate of drug-likeness (QED) is 0.596. The minimum Gasteiger partial charge on any atom is -0.378 e. The minimum absolute atomic E-state index is 0.0804. The fraction of sp³-hybridized carbons (Fsp3) is 0.429. The second-order valence-corrected chi connectivity index (χ2v) is 7.47. The molecule has 0 unspecified atom stereocenters. The Morgan fingerprint density at radius 2 is 1.80 bits per heavy atom. The monoisotopic (exact) mass is 411 g/mol. The van der Waals surface area contributed by atoms with Gasteiger partial charge in [-0.3, -0.25) is 14.9 Å². The summed E-state index contributed by atoms with van der Waals surface area (Å²) in [5, 5.41) is 14.4. The zero-order valence-corrected chi connectivity index (χ0v) is 16.7. The lowest BCUT2D eigenvalue weighted by Gasteiger charge is -2.28. The van der Waals surface area contributed by atoms with Crippen LogP contribution in [0.3, 0.4) is 0 Å². The molecule has 2 aliphatic heterocycles. The Morgan fingerprint density at radius 1 is 1.03 bits per heavy atom. The molecule has 2 fully saturated rings. The smallest absolute Gasteiger partial charge is 0.293 e. The van der Waals surface area contributed by atoms with E-state index in [0.717, 1.165) is 18.9 Å². The van der Waals surface area contributed by atoms with Crippen molar-refractivity contribution in [1.82, 2.24) is 4.98 Å². The zero-order valence-electron chi connectivity index (χ0n) is 16.7. The summed E-state index contributed by atoms with van der Waals surface area (Å²) in [6.07, 6.45) is 5.21. The van der Waals surface area contributed by atoms with Gasteiger partial charge in [-0.1, -0.05) is 0 Å². The van der Waals surface area contributed by atoms with Gasteiger partial charge in [0.1, 0.15) is 11.5 Å². The van der Waals surface area contributed by atoms with Crippen molar-refractivity contribution in [3.63, 3.8) is 0 Å². The number of morpholine rings is 1. The van der Waals surface area contributed by atoms with Crippen LogP contribution >= 0.6 is 0 Å². The average molecular weight is 411 g/mol. The molecule has 1 amide bonds. The fourth-order valence-electron chi connectivity index (χ4n) is 3.86. The van der Waals surface area contributed by atoms with Crippen molar-refractivity contribution in [2.45, 2.75) is 19.3 Å². The first-order valence-corrected chi connectivity index (χ1v) is 10.3. The summed E-state index contributed by atoms with van der Waals surface area (Å²) in [6, 6.07) is 8.28. The third-order valence-electron chi connectivity index (χ3n) is 5.47. The maximum absolute atomic E-state index is 12.7. The number of carbonyl (C=O) groups is 1. The van der Waals surface area contributed by atoms with E-state index in [0.29, 0.717) is 37.7 Å². The average Bonchev–Trinajstić information content (AvgIpc) is 2.80. The van der Waals surface area contributed by atoms with Crippen LogP contribution in [0.1, 0.15) is 29.6 Å². The second-order valence-electron chi connectivity index (χ2n) is 7.47. The fourth-order valence-corrected chi connectivity index (χ4v) is 3.86. The number of carbonyl (C=O) groups excluding carboxylic acids is 1. The van der Waals surface area contributed by atoms with Gasteiger partial charge in [0.05, 0.1) is 30.0 Å². The van der Waals surface area contributed by atoms with Crippen LogP contribution in [0.2, 0.25) is 0 Å². The van der Waals surface area contributed by atoms with E-state index in [9.17, 15) is 14.9 Å². The first kappa shape index (κ1) is 20.1. The number of piperidine rings is 1. The van der Waals surface area contributed by atoms with Crippen LogP contribution in [0.5, 0.6) is 0 Å². The van der Waals surface area contributed by atoms with Crippen LogP contribution in [0.25, 0.3) is 0 Å². The zero-order chi connectivity index (χ0) is 20.9. The standard InChI is InChI=1S/C21H25N5O4/c27-21(23-17-5-7-20(22-15-17)25-8-2-1-3-9-25)16-4-6-18(19(14-16)26(28)29)24-10-12-30-13-11-24/h4-7,14-15H,1-3,8-13H2,(H,23,27). The number of nitrogens with one attached hydrogen (secondary N) is 1. The SMILES string of the molecule is O=C(Nc1ccc(N2CCCCC2)nc1)c1ccc(N2CCOCC2)c([N+](=O)[O-])c1. The van der Waals surface area contributed by atoms with Crippen molar-refractivity contribution in [3.05, 3.63) is 52.2 Å². The van der Waals surface area contributed by atoms with Crippen molar-refractivity contribution in [3.8, 4) is 0 Å². The second kappa shape index (κ2) is 9.08. The molecular formula is C21H25N5O4. The van der Waals surface area contributed by atoms with E-state index in [1.165, 1.54) is 25.3 Å². The van der Waals surface area contributed by atoms with Gasteiger partial charge in [-0.05, 0) is 43.5 Å². The van der Waals surface area contributed by atoms with Crippen LogP contribution < -0.4 is 15.1 Å². The highest BCUT2D eigenvalue weighted by molar-refractivity contribution is 6.05. The van der Waals surface area contributed by atoms with Crippen molar-refractivity contribution < 1.29 is 14.5 Å². The number of hydrogen-bond donors (Lipinski definition) is 1. The molecule has 0 saturated carbocycles. The molecule has 1 aromatic carbocycles. The number of amides is 1. The van der Waals surface area contributed by atoms with Crippen molar-refractivity contribution in [2.75, 3.05) is 54.5 Å². The van der Waals surface area contributed by atoms with Crippen LogP contribution in [0, 0.1) is 10.1 Å². The molecule has 3 heterocycles. The van der Waals surface area contributed by atoms with Crippen molar-refractivity contribution in [2.24, 2.45) is 0 Å². The van der Waals surface area contributed by atoms with Gasteiger partial charge >= 0.3 is 0 Å². The van der Waals surface area contributed by atoms with Gasteiger partial charge in [0.25, 0.3) is 11.6 Å². The van der Waals surface area contributed by atoms with Gasteiger partial charge < -0.3 is 19.9 Å². The van der Waals surface area contributed by atoms with E-state index in [4.69, 9.17) is 4.74 Å². The summed E-state index contributed by atoms with van der Waals surface area (Å²) in [5.41, 5.74) is 1.22. The van der Waals surface area contributed by atoms with Gasteiger partial charge in [0, 0.05) is 37.8 Å². The van der Waals surface area contributed by atoms with Gasteiger partial charge in [0.2, 0.25) is 0 Å². The molecule has 9 heteroatoms. The molecular weight excluding hydrogens is 386 g/mol. The number of ether oxygens (including phenoxy) is 1. The van der Waals surface area contributed by atoms with Crippen LogP contribution in [-0.2, 0) is 4.74 Å². The lowest BCUT2D eigenvalue weighted by atomic mass is 10.1. The molecule has 158 valence electrons. The van der Waals surface area contributed by atoms with Gasteiger partial charge in [-0.25, -0.2) is 4.98 Å². The highest BCUT2D eigenvalue weighted by Gasteiger charge is 2.23. The molecule has 9 nitrogen and oxygen atoms in total. The Hall–Kier alpha value is -3.20. The topological polar surface area (TPSA) is 101 Å².